The highest BCUT2D eigenvalue weighted by molar-refractivity contribution is 7.17. The molecule has 0 spiro atoms. The Balaban J connectivity index is 2.31. The van der Waals surface area contributed by atoms with Gasteiger partial charge in [0.25, 0.3) is 0 Å². The zero-order chi connectivity index (χ0) is 14.9. The Kier molecular flexibility index (Phi) is 2.62. The molecule has 0 saturated heterocycles. The molecule has 20 heavy (non-hydrogen) atoms. The van der Waals surface area contributed by atoms with Crippen LogP contribution in [0, 0.1) is 12.3 Å². The molecule has 0 fully saturated rings. The van der Waals surface area contributed by atoms with Crippen LogP contribution in [-0.4, -0.2) is 20.5 Å². The van der Waals surface area contributed by atoms with Crippen LogP contribution in [0.25, 0.3) is 4.96 Å². The third-order valence-corrected chi connectivity index (χ3v) is 5.63. The van der Waals surface area contributed by atoms with Gasteiger partial charge in [0.05, 0.1) is 5.69 Å². The summed E-state index contributed by atoms with van der Waals surface area (Å²) < 4.78 is 2.06. The number of hydrogen-bond acceptors (Lipinski definition) is 3. The minimum absolute atomic E-state index is 0.123. The Bertz CT molecular complexity index is 722. The number of rotatable bonds is 1. The average Bonchev–Trinajstić information content (AvgIpc) is 2.75. The first-order valence-corrected chi connectivity index (χ1v) is 7.68. The second kappa shape index (κ2) is 3.85. The molecule has 0 amide bonds. The third-order valence-electron chi connectivity index (χ3n) is 4.19. The second-order valence-electron chi connectivity index (χ2n) is 7.25. The molecule has 0 bridgehead atoms. The van der Waals surface area contributed by atoms with Crippen molar-refractivity contribution in [3.05, 3.63) is 22.0 Å². The zero-order valence-corrected chi connectivity index (χ0v) is 13.4. The molecule has 2 heterocycles. The lowest BCUT2D eigenvalue weighted by molar-refractivity contribution is 0.0690. The lowest BCUT2D eigenvalue weighted by atomic mass is 9.67. The molecule has 1 aliphatic carbocycles. The van der Waals surface area contributed by atoms with Crippen LogP contribution in [0.5, 0.6) is 0 Å². The zero-order valence-electron chi connectivity index (χ0n) is 12.6. The summed E-state index contributed by atoms with van der Waals surface area (Å²) in [6.07, 6.45) is 2.11. The summed E-state index contributed by atoms with van der Waals surface area (Å²) in [5.41, 5.74) is 2.53. The van der Waals surface area contributed by atoms with Crippen molar-refractivity contribution >= 4 is 22.3 Å². The molecule has 0 aromatic carbocycles. The topological polar surface area (TPSA) is 54.6 Å². The number of aryl methyl sites for hydroxylation is 1. The molecule has 2 aromatic heterocycles. The number of nitrogens with zero attached hydrogens (tertiary/aromatic N) is 2. The van der Waals surface area contributed by atoms with Gasteiger partial charge >= 0.3 is 5.97 Å². The van der Waals surface area contributed by atoms with Gasteiger partial charge in [-0.25, -0.2) is 9.78 Å². The Morgan fingerprint density at radius 3 is 2.60 bits per heavy atom. The van der Waals surface area contributed by atoms with Gasteiger partial charge in [-0.05, 0) is 25.2 Å². The molecule has 5 heteroatoms. The molecular weight excluding hydrogens is 272 g/mol. The van der Waals surface area contributed by atoms with Crippen molar-refractivity contribution in [2.75, 3.05) is 0 Å². The number of carboxylic acid groups (broad SMARTS) is 1. The monoisotopic (exact) mass is 292 g/mol. The van der Waals surface area contributed by atoms with E-state index in [1.807, 2.05) is 6.92 Å². The highest BCUT2D eigenvalue weighted by atomic mass is 32.1. The fourth-order valence-corrected chi connectivity index (χ4v) is 5.08. The number of carboxylic acids is 1. The first-order chi connectivity index (χ1) is 9.12. The SMILES string of the molecule is Cc1c(C(=O)O)nc2sc3c(n12)CC(C)(C)CC3(C)C. The fraction of sp³-hybridized carbons (Fsp3) is 0.600. The van der Waals surface area contributed by atoms with Gasteiger partial charge in [-0.1, -0.05) is 27.7 Å². The van der Waals surface area contributed by atoms with Gasteiger partial charge in [-0.2, -0.15) is 0 Å². The summed E-state index contributed by atoms with van der Waals surface area (Å²) in [4.78, 5) is 17.7. The van der Waals surface area contributed by atoms with E-state index in [0.29, 0.717) is 0 Å². The van der Waals surface area contributed by atoms with Gasteiger partial charge in [0.2, 0.25) is 0 Å². The smallest absolute Gasteiger partial charge is 0.356 e. The summed E-state index contributed by atoms with van der Waals surface area (Å²) in [5, 5.41) is 9.22. The van der Waals surface area contributed by atoms with Crippen molar-refractivity contribution in [3.8, 4) is 0 Å². The van der Waals surface area contributed by atoms with Gasteiger partial charge in [0, 0.05) is 16.0 Å². The number of imidazole rings is 1. The highest BCUT2D eigenvalue weighted by Crippen LogP contribution is 2.49. The predicted octanol–water partition coefficient (Wildman–Crippen LogP) is 3.65. The van der Waals surface area contributed by atoms with Crippen LogP contribution < -0.4 is 0 Å². The Morgan fingerprint density at radius 2 is 2.00 bits per heavy atom. The molecule has 1 N–H and O–H groups in total. The Labute approximate surface area is 122 Å². The van der Waals surface area contributed by atoms with Crippen LogP contribution in [0.1, 0.15) is 60.9 Å². The van der Waals surface area contributed by atoms with Crippen LogP contribution in [0.2, 0.25) is 0 Å². The van der Waals surface area contributed by atoms with Crippen LogP contribution in [0.15, 0.2) is 0 Å². The molecule has 3 rings (SSSR count). The largest absolute Gasteiger partial charge is 0.476 e. The van der Waals surface area contributed by atoms with Gasteiger partial charge in [0.1, 0.15) is 0 Å². The predicted molar refractivity (Wildman–Crippen MR) is 79.9 cm³/mol. The average molecular weight is 292 g/mol. The summed E-state index contributed by atoms with van der Waals surface area (Å²) in [7, 11) is 0. The first-order valence-electron chi connectivity index (χ1n) is 6.87. The minimum atomic E-state index is -0.943. The van der Waals surface area contributed by atoms with Crippen molar-refractivity contribution in [3.63, 3.8) is 0 Å². The van der Waals surface area contributed by atoms with Crippen LogP contribution in [0.4, 0.5) is 0 Å². The lowest BCUT2D eigenvalue weighted by Crippen LogP contribution is -2.34. The van der Waals surface area contributed by atoms with Crippen molar-refractivity contribution in [1.82, 2.24) is 9.38 Å². The number of thiazole rings is 1. The molecule has 0 saturated carbocycles. The van der Waals surface area contributed by atoms with Crippen molar-refractivity contribution in [2.45, 2.75) is 52.9 Å². The quantitative estimate of drug-likeness (QED) is 0.872. The van der Waals surface area contributed by atoms with E-state index in [9.17, 15) is 9.90 Å². The standard InChI is InChI=1S/C15H20N2O2S/c1-8-10(12(18)19)16-13-17(8)9-6-14(2,3)7-15(4,5)11(9)20-13/h6-7H2,1-5H3,(H,18,19). The number of hydrogen-bond donors (Lipinski definition) is 1. The lowest BCUT2D eigenvalue weighted by Gasteiger charge is -2.40. The first kappa shape index (κ1) is 13.6. The van der Waals surface area contributed by atoms with E-state index in [-0.39, 0.29) is 16.5 Å². The summed E-state index contributed by atoms with van der Waals surface area (Å²) >= 11 is 1.65. The van der Waals surface area contributed by atoms with E-state index in [0.717, 1.165) is 23.5 Å². The van der Waals surface area contributed by atoms with E-state index in [2.05, 4.69) is 37.1 Å². The molecule has 108 valence electrons. The number of aromatic nitrogens is 2. The Hall–Kier alpha value is -1.36. The molecule has 0 atom stereocenters. The third kappa shape index (κ3) is 1.79. The van der Waals surface area contributed by atoms with Crippen LogP contribution in [0.3, 0.4) is 0 Å². The van der Waals surface area contributed by atoms with Gasteiger partial charge < -0.3 is 5.11 Å². The molecule has 0 unspecified atom stereocenters. The van der Waals surface area contributed by atoms with Crippen molar-refractivity contribution in [1.29, 1.82) is 0 Å². The van der Waals surface area contributed by atoms with Crippen LogP contribution in [-0.2, 0) is 11.8 Å². The second-order valence-corrected chi connectivity index (χ2v) is 8.23. The van der Waals surface area contributed by atoms with Crippen LogP contribution >= 0.6 is 11.3 Å². The maximum Gasteiger partial charge on any atom is 0.356 e. The molecule has 0 radical (unpaired) electrons. The molecule has 2 aromatic rings. The van der Waals surface area contributed by atoms with Gasteiger partial charge in [-0.15, -0.1) is 11.3 Å². The minimum Gasteiger partial charge on any atom is -0.476 e. The Morgan fingerprint density at radius 1 is 1.35 bits per heavy atom. The number of fused-ring (bicyclic) bond motifs is 3. The van der Waals surface area contributed by atoms with Gasteiger partial charge in [-0.3, -0.25) is 4.40 Å². The number of aromatic carboxylic acids is 1. The highest BCUT2D eigenvalue weighted by Gasteiger charge is 2.41. The molecule has 0 aliphatic heterocycles. The maximum atomic E-state index is 11.2. The summed E-state index contributed by atoms with van der Waals surface area (Å²) in [6.45, 7) is 11.0. The maximum absolute atomic E-state index is 11.2. The van der Waals surface area contributed by atoms with E-state index >= 15 is 0 Å². The van der Waals surface area contributed by atoms with E-state index in [1.165, 1.54) is 10.6 Å². The van der Waals surface area contributed by atoms with Crippen molar-refractivity contribution in [2.24, 2.45) is 5.41 Å². The van der Waals surface area contributed by atoms with E-state index < -0.39 is 5.97 Å². The molecule has 4 nitrogen and oxygen atoms in total. The fourth-order valence-electron chi connectivity index (χ4n) is 3.80. The normalized spacial score (nSPS) is 20.1. The van der Waals surface area contributed by atoms with E-state index in [1.54, 1.807) is 11.3 Å². The van der Waals surface area contributed by atoms with Crippen molar-refractivity contribution < 1.29 is 9.90 Å². The summed E-state index contributed by atoms with van der Waals surface area (Å²) in [5.74, 6) is -0.943. The van der Waals surface area contributed by atoms with E-state index in [4.69, 9.17) is 0 Å². The molecule has 1 aliphatic rings. The molecular formula is C15H20N2O2S. The van der Waals surface area contributed by atoms with Gasteiger partial charge in [0.15, 0.2) is 10.7 Å². The summed E-state index contributed by atoms with van der Waals surface area (Å²) in [6, 6.07) is 0. The number of carbonyl (C=O) groups is 1.